The zero-order valence-electron chi connectivity index (χ0n) is 28.7. The Hall–Kier alpha value is -5.65. The van der Waals surface area contributed by atoms with Crippen molar-refractivity contribution >= 4 is 86.9 Å². The standard InChI is InChI=1S/C6HCl5O.C6HF5O.C6H7N3O.C6H5NO3.C5H5NO.C4H5NO3/c2*7-1-2(8)4(10)6(12)5(11)3(1)9;10-9-6-4-2-1-3-5(6)7-8-9;8-6-3-1-5(2-4-6)7(9)10;7-5-3-1-2-4-6-5;6-3-1-2-4(7)5(3)8/h2*12H;1-4,7-8,10H;1-4,8H;1-4H,(H,6,7);8H,1-2H2. The highest BCUT2D eigenvalue weighted by atomic mass is 35.5. The van der Waals surface area contributed by atoms with Crippen LogP contribution in [0.2, 0.25) is 25.1 Å². The molecule has 0 bridgehead atoms. The van der Waals surface area contributed by atoms with Gasteiger partial charge in [0.25, 0.3) is 17.5 Å². The molecule has 316 valence electrons. The zero-order chi connectivity index (χ0) is 44.7. The van der Waals surface area contributed by atoms with E-state index < -0.39 is 51.6 Å². The van der Waals surface area contributed by atoms with Gasteiger partial charge in [-0.2, -0.15) is 19.0 Å². The van der Waals surface area contributed by atoms with Crippen LogP contribution in [0.4, 0.5) is 39.0 Å². The lowest BCUT2D eigenvalue weighted by atomic mass is 10.3. The molecule has 5 aromatic rings. The number of non-ortho nitro benzene ring substituents is 1. The van der Waals surface area contributed by atoms with Gasteiger partial charge in [-0.05, 0) is 30.3 Å². The average Bonchev–Trinajstić information content (AvgIpc) is 3.76. The highest BCUT2D eigenvalue weighted by molar-refractivity contribution is 6.55. The molecule has 0 unspecified atom stereocenters. The summed E-state index contributed by atoms with van der Waals surface area (Å²) in [4.78, 5) is 42.7. The second-order valence-electron chi connectivity index (χ2n) is 10.5. The number of H-pyrrole nitrogens is 1. The summed E-state index contributed by atoms with van der Waals surface area (Å²) in [7, 11) is 0. The summed E-state index contributed by atoms with van der Waals surface area (Å²) in [6.07, 6.45) is 1.90. The molecule has 16 nitrogen and oxygen atoms in total. The van der Waals surface area contributed by atoms with E-state index >= 15 is 0 Å². The highest BCUT2D eigenvalue weighted by Gasteiger charge is 2.27. The maximum absolute atomic E-state index is 12.2. The number of aromatic amines is 1. The molecule has 7 rings (SSSR count). The third-order valence-corrected chi connectivity index (χ3v) is 8.83. The number of benzene rings is 4. The van der Waals surface area contributed by atoms with Crippen molar-refractivity contribution in [1.29, 1.82) is 0 Å². The number of pyridine rings is 1. The van der Waals surface area contributed by atoms with Crippen LogP contribution in [-0.4, -0.2) is 52.5 Å². The summed E-state index contributed by atoms with van der Waals surface area (Å²) < 4.78 is 60.6. The topological polar surface area (TPSA) is 242 Å². The van der Waals surface area contributed by atoms with E-state index in [9.17, 15) is 51.6 Å². The fraction of sp³-hybridized carbons (Fsp3) is 0.0606. The van der Waals surface area contributed by atoms with Gasteiger partial charge in [-0.1, -0.05) is 76.2 Å². The molecule has 8 N–H and O–H groups in total. The molecule has 3 heterocycles. The van der Waals surface area contributed by atoms with Crippen LogP contribution < -0.4 is 21.7 Å². The van der Waals surface area contributed by atoms with Crippen LogP contribution in [0.3, 0.4) is 0 Å². The number of hydroxylamine groups is 2. The number of nitrogens with zero attached hydrogens (tertiary/aromatic N) is 3. The van der Waals surface area contributed by atoms with E-state index in [4.69, 9.17) is 78.6 Å². The molecule has 0 aliphatic carbocycles. The Morgan fingerprint density at radius 2 is 1.08 bits per heavy atom. The first kappa shape index (κ1) is 49.5. The van der Waals surface area contributed by atoms with Crippen LogP contribution in [0.1, 0.15) is 12.8 Å². The number of carbonyl (C=O) groups excluding carboxylic acids is 2. The molecule has 1 saturated heterocycles. The molecule has 1 fully saturated rings. The Morgan fingerprint density at radius 1 is 0.627 bits per heavy atom. The van der Waals surface area contributed by atoms with E-state index in [-0.39, 0.29) is 65.8 Å². The number of amides is 2. The quantitative estimate of drug-likeness (QED) is 0.0149. The minimum atomic E-state index is -2.29. The van der Waals surface area contributed by atoms with Gasteiger partial charge >= 0.3 is 0 Å². The lowest BCUT2D eigenvalue weighted by Gasteiger charge is -2.06. The van der Waals surface area contributed by atoms with E-state index in [2.05, 4.69) is 15.9 Å². The number of hydrogen-bond donors (Lipinski definition) is 8. The summed E-state index contributed by atoms with van der Waals surface area (Å²) in [6.45, 7) is 0. The Balaban J connectivity index is 0.000000246. The van der Waals surface area contributed by atoms with Crippen molar-refractivity contribution < 1.29 is 62.2 Å². The van der Waals surface area contributed by atoms with Crippen LogP contribution in [0.5, 0.6) is 17.2 Å². The van der Waals surface area contributed by atoms with Crippen LogP contribution in [-0.2, 0) is 9.59 Å². The van der Waals surface area contributed by atoms with E-state index in [0.29, 0.717) is 0 Å². The smallest absolute Gasteiger partial charge is 0.269 e. The summed E-state index contributed by atoms with van der Waals surface area (Å²) in [5, 5.41) is 54.6. The van der Waals surface area contributed by atoms with Crippen molar-refractivity contribution in [1.82, 2.24) is 15.6 Å². The largest absolute Gasteiger partial charge is 0.508 e. The molecular weight excluding hydrogens is 913 g/mol. The van der Waals surface area contributed by atoms with E-state index in [1.54, 1.807) is 18.3 Å². The van der Waals surface area contributed by atoms with Crippen molar-refractivity contribution in [3.63, 3.8) is 0 Å². The van der Waals surface area contributed by atoms with Crippen molar-refractivity contribution in [2.24, 2.45) is 0 Å². The van der Waals surface area contributed by atoms with Crippen molar-refractivity contribution in [2.45, 2.75) is 12.8 Å². The predicted octanol–water partition coefficient (Wildman–Crippen LogP) is 8.67. The number of para-hydroxylation sites is 2. The Labute approximate surface area is 351 Å². The monoisotopic (exact) mass is 934 g/mol. The number of fused-ring (bicyclic) bond motifs is 1. The molecule has 0 radical (unpaired) electrons. The van der Waals surface area contributed by atoms with Gasteiger partial charge in [0.2, 0.25) is 34.6 Å². The number of aromatic nitrogens is 1. The Kier molecular flexibility index (Phi) is 19.4. The van der Waals surface area contributed by atoms with Gasteiger partial charge in [0.15, 0.2) is 11.5 Å². The number of rotatable bonds is 1. The first-order valence-electron chi connectivity index (χ1n) is 15.2. The molecular formula is C33H24Cl5F5N6O10. The number of nitrogens with one attached hydrogen (secondary N) is 3. The Morgan fingerprint density at radius 3 is 1.47 bits per heavy atom. The van der Waals surface area contributed by atoms with Crippen LogP contribution in [0.15, 0.2) is 77.7 Å². The molecule has 26 heteroatoms. The van der Waals surface area contributed by atoms with Crippen LogP contribution >= 0.6 is 58.0 Å². The molecule has 2 aliphatic rings. The summed E-state index contributed by atoms with van der Waals surface area (Å²) in [5.41, 5.74) is 6.85. The fourth-order valence-electron chi connectivity index (χ4n) is 3.64. The average molecular weight is 937 g/mol. The van der Waals surface area contributed by atoms with Gasteiger partial charge in [0.05, 0.1) is 25.7 Å². The second-order valence-corrected chi connectivity index (χ2v) is 12.4. The normalized spacial score (nSPS) is 12.1. The molecule has 0 spiro atoms. The minimum absolute atomic E-state index is 0.00904. The third-order valence-electron chi connectivity index (χ3n) is 6.57. The number of anilines is 2. The lowest BCUT2D eigenvalue weighted by Crippen LogP contribution is -2.32. The first-order valence-corrected chi connectivity index (χ1v) is 17.1. The van der Waals surface area contributed by atoms with Gasteiger partial charge in [-0.3, -0.25) is 40.3 Å². The van der Waals surface area contributed by atoms with E-state index in [1.807, 2.05) is 24.3 Å². The predicted molar refractivity (Wildman–Crippen MR) is 203 cm³/mol. The molecule has 0 atom stereocenters. The van der Waals surface area contributed by atoms with Gasteiger partial charge in [-0.15, -0.1) is 5.53 Å². The van der Waals surface area contributed by atoms with Crippen LogP contribution in [0, 0.1) is 39.2 Å². The fourth-order valence-corrected chi connectivity index (χ4v) is 4.77. The highest BCUT2D eigenvalue weighted by Crippen LogP contribution is 2.47. The van der Waals surface area contributed by atoms with Gasteiger partial charge in [0, 0.05) is 37.2 Å². The maximum atomic E-state index is 12.2. The van der Waals surface area contributed by atoms with Gasteiger partial charge in [-0.25, -0.2) is 13.2 Å². The number of hydrogen-bond acceptors (Lipinski definition) is 13. The summed E-state index contributed by atoms with van der Waals surface area (Å²) in [5.74, 6) is -14.3. The summed E-state index contributed by atoms with van der Waals surface area (Å²) >= 11 is 27.9. The SMILES string of the molecule is O=C1CCC(=O)N1O.O=[N+]([O-])c1ccc(O)cc1.O=c1cccc[nH]1.ON1NNc2ccccc21.Oc1c(Cl)c(Cl)c(Cl)c(Cl)c1Cl.Oc1c(F)c(F)c(F)c(F)c1F. The number of phenols is 3. The molecule has 59 heavy (non-hydrogen) atoms. The van der Waals surface area contributed by atoms with Gasteiger partial charge < -0.3 is 20.3 Å². The number of halogens is 10. The van der Waals surface area contributed by atoms with Crippen molar-refractivity contribution in [2.75, 3.05) is 10.6 Å². The van der Waals surface area contributed by atoms with Gasteiger partial charge in [0.1, 0.15) is 21.5 Å². The molecule has 4 aromatic carbocycles. The number of aromatic hydroxyl groups is 3. The number of hydrazine groups is 2. The number of nitro benzene ring substituents is 1. The third kappa shape index (κ3) is 14.0. The van der Waals surface area contributed by atoms with E-state index in [1.165, 1.54) is 30.3 Å². The number of carbonyl (C=O) groups is 2. The molecule has 1 aromatic heterocycles. The second kappa shape index (κ2) is 23.1. The number of nitro groups is 1. The number of phenolic OH excluding ortho intramolecular Hbond substituents is 3. The molecule has 2 amide bonds. The summed E-state index contributed by atoms with van der Waals surface area (Å²) in [6, 6.07) is 17.4. The van der Waals surface area contributed by atoms with Crippen LogP contribution in [0.25, 0.3) is 0 Å². The molecule has 0 saturated carbocycles. The molecule has 2 aliphatic heterocycles. The Bertz CT molecular complexity index is 2040. The minimum Gasteiger partial charge on any atom is -0.508 e. The number of imide groups is 1. The first-order chi connectivity index (χ1) is 27.6. The van der Waals surface area contributed by atoms with Crippen molar-refractivity contribution in [3.8, 4) is 17.2 Å². The van der Waals surface area contributed by atoms with E-state index in [0.717, 1.165) is 16.5 Å². The zero-order valence-corrected chi connectivity index (χ0v) is 32.5. The van der Waals surface area contributed by atoms with Crippen molar-refractivity contribution in [3.05, 3.63) is 148 Å². The maximum Gasteiger partial charge on any atom is 0.269 e. The lowest BCUT2D eigenvalue weighted by molar-refractivity contribution is -0.384.